The van der Waals surface area contributed by atoms with Crippen LogP contribution in [0, 0.1) is 0 Å². The van der Waals surface area contributed by atoms with Gasteiger partial charge in [-0.2, -0.15) is 0 Å². The molecule has 0 saturated heterocycles. The van der Waals surface area contributed by atoms with Gasteiger partial charge in [0.25, 0.3) is 0 Å². The van der Waals surface area contributed by atoms with Crippen molar-refractivity contribution in [3.05, 3.63) is 12.3 Å². The van der Waals surface area contributed by atoms with Gasteiger partial charge < -0.3 is 0 Å². The molecule has 0 aliphatic heterocycles. The van der Waals surface area contributed by atoms with E-state index in [1.807, 2.05) is 19.9 Å². The molecule has 0 spiro atoms. The number of rotatable bonds is 15. The van der Waals surface area contributed by atoms with Crippen molar-refractivity contribution >= 4 is 35.1 Å². The minimum absolute atomic E-state index is 0.378. The zero-order valence-electron chi connectivity index (χ0n) is 17.5. The molecule has 1 aromatic heterocycles. The summed E-state index contributed by atoms with van der Waals surface area (Å²) >= 11 is -2.82. The third-order valence-electron chi connectivity index (χ3n) is 5.05. The summed E-state index contributed by atoms with van der Waals surface area (Å²) in [5, 5.41) is 0.736. The molecule has 0 fully saturated rings. The monoisotopic (exact) mass is 494 g/mol. The summed E-state index contributed by atoms with van der Waals surface area (Å²) in [5.74, 6) is 0. The van der Waals surface area contributed by atoms with Gasteiger partial charge in [0.2, 0.25) is 0 Å². The Balaban J connectivity index is 3.40. The number of hydrogen-bond donors (Lipinski definition) is 0. The Morgan fingerprint density at radius 3 is 1.73 bits per heavy atom. The van der Waals surface area contributed by atoms with Gasteiger partial charge in [-0.05, 0) is 0 Å². The maximum atomic E-state index is 13.5. The first kappa shape index (κ1) is 24.3. The third kappa shape index (κ3) is 6.39. The van der Waals surface area contributed by atoms with Crippen molar-refractivity contribution < 1.29 is 18.0 Å². The van der Waals surface area contributed by atoms with Gasteiger partial charge in [0, 0.05) is 0 Å². The van der Waals surface area contributed by atoms with Crippen LogP contribution in [0.3, 0.4) is 0 Å². The summed E-state index contributed by atoms with van der Waals surface area (Å²) < 4.78 is 35.8. The van der Waals surface area contributed by atoms with E-state index < -0.39 is 26.0 Å². The molecule has 0 unspecified atom stereocenters. The Kier molecular flexibility index (Phi) is 11.8. The van der Waals surface area contributed by atoms with Crippen molar-refractivity contribution in [1.82, 2.24) is 0 Å². The molecular formula is C20H39O4PSn. The first-order chi connectivity index (χ1) is 12.5. The van der Waals surface area contributed by atoms with Gasteiger partial charge in [0.05, 0.1) is 0 Å². The first-order valence-corrected chi connectivity index (χ1v) is 19.5. The fourth-order valence-electron chi connectivity index (χ4n) is 3.69. The van der Waals surface area contributed by atoms with Crippen molar-refractivity contribution in [2.75, 3.05) is 13.2 Å². The average molecular weight is 493 g/mol. The van der Waals surface area contributed by atoms with Gasteiger partial charge in [-0.15, -0.1) is 0 Å². The van der Waals surface area contributed by atoms with Crippen molar-refractivity contribution in [3.8, 4) is 0 Å². The van der Waals surface area contributed by atoms with Crippen LogP contribution in [0.5, 0.6) is 0 Å². The van der Waals surface area contributed by atoms with Crippen LogP contribution in [0.1, 0.15) is 73.1 Å². The van der Waals surface area contributed by atoms with E-state index in [2.05, 4.69) is 20.8 Å². The predicted octanol–water partition coefficient (Wildman–Crippen LogP) is 6.23. The second-order valence-electron chi connectivity index (χ2n) is 7.06. The zero-order chi connectivity index (χ0) is 19.5. The molecule has 6 heteroatoms. The van der Waals surface area contributed by atoms with Gasteiger partial charge in [0.1, 0.15) is 0 Å². The van der Waals surface area contributed by atoms with E-state index in [9.17, 15) is 4.57 Å². The van der Waals surface area contributed by atoms with Crippen molar-refractivity contribution in [2.24, 2.45) is 0 Å². The summed E-state index contributed by atoms with van der Waals surface area (Å²) in [5.41, 5.74) is 0. The summed E-state index contributed by atoms with van der Waals surface area (Å²) in [7, 11) is -3.30. The fraction of sp³-hybridized carbons (Fsp3) is 0.800. The van der Waals surface area contributed by atoms with Crippen LogP contribution in [0.25, 0.3) is 0 Å². The van der Waals surface area contributed by atoms with Crippen LogP contribution < -0.4 is 9.08 Å². The molecule has 26 heavy (non-hydrogen) atoms. The van der Waals surface area contributed by atoms with Crippen LogP contribution in [-0.2, 0) is 13.6 Å². The summed E-state index contributed by atoms with van der Waals surface area (Å²) in [6.45, 7) is 11.3. The van der Waals surface area contributed by atoms with E-state index >= 15 is 0 Å². The molecular weight excluding hydrogens is 454 g/mol. The van der Waals surface area contributed by atoms with Crippen LogP contribution in [0.4, 0.5) is 0 Å². The van der Waals surface area contributed by atoms with E-state index in [1.165, 1.54) is 51.8 Å². The van der Waals surface area contributed by atoms with Crippen LogP contribution in [0.15, 0.2) is 16.7 Å². The van der Waals surface area contributed by atoms with Gasteiger partial charge >= 0.3 is 165 Å². The molecule has 0 amide bonds. The SMILES string of the molecule is CCC[CH2][Sn]([CH2]CCC)([CH2]CCC)[c]1occc1P(=O)(OCC)OCC. The summed E-state index contributed by atoms with van der Waals surface area (Å²) in [6, 6.07) is 1.86. The van der Waals surface area contributed by atoms with Crippen LogP contribution in [-0.4, -0.2) is 31.6 Å². The zero-order valence-corrected chi connectivity index (χ0v) is 21.3. The number of furan rings is 1. The quantitative estimate of drug-likeness (QED) is 0.215. The molecule has 1 rings (SSSR count). The van der Waals surface area contributed by atoms with E-state index in [4.69, 9.17) is 13.5 Å². The Bertz CT molecular complexity index is 512. The first-order valence-electron chi connectivity index (χ1n) is 10.5. The Hall–Kier alpha value is 0.229. The van der Waals surface area contributed by atoms with Gasteiger partial charge in [-0.1, -0.05) is 0 Å². The number of unbranched alkanes of at least 4 members (excludes halogenated alkanes) is 3. The maximum absolute atomic E-state index is 13.5. The van der Waals surface area contributed by atoms with Crippen molar-refractivity contribution in [3.63, 3.8) is 0 Å². The van der Waals surface area contributed by atoms with E-state index in [0.29, 0.717) is 13.2 Å². The summed E-state index contributed by atoms with van der Waals surface area (Å²) in [4.78, 5) is 0. The molecule has 1 aromatic rings. The second kappa shape index (κ2) is 12.6. The topological polar surface area (TPSA) is 48.7 Å². The molecule has 0 aliphatic carbocycles. The molecule has 1 heterocycles. The molecule has 0 atom stereocenters. The molecule has 0 saturated carbocycles. The molecule has 0 aromatic carbocycles. The third-order valence-corrected chi connectivity index (χ3v) is 22.9. The molecule has 0 radical (unpaired) electrons. The average Bonchev–Trinajstić information content (AvgIpc) is 3.13. The van der Waals surface area contributed by atoms with Gasteiger partial charge in [-0.25, -0.2) is 0 Å². The van der Waals surface area contributed by atoms with Gasteiger partial charge in [0.15, 0.2) is 0 Å². The molecule has 0 N–H and O–H groups in total. The normalized spacial score (nSPS) is 12.7. The van der Waals surface area contributed by atoms with Gasteiger partial charge in [-0.3, -0.25) is 0 Å². The van der Waals surface area contributed by atoms with E-state index in [1.54, 1.807) is 6.26 Å². The minimum atomic E-state index is -3.30. The second-order valence-corrected chi connectivity index (χ2v) is 21.9. The predicted molar refractivity (Wildman–Crippen MR) is 114 cm³/mol. The van der Waals surface area contributed by atoms with E-state index in [-0.39, 0.29) is 0 Å². The van der Waals surface area contributed by atoms with Crippen LogP contribution >= 0.6 is 7.60 Å². The fourth-order valence-corrected chi connectivity index (χ4v) is 23.6. The molecule has 0 bridgehead atoms. The molecule has 4 nitrogen and oxygen atoms in total. The molecule has 152 valence electrons. The van der Waals surface area contributed by atoms with Crippen molar-refractivity contribution in [1.29, 1.82) is 0 Å². The Morgan fingerprint density at radius 1 is 0.885 bits per heavy atom. The Morgan fingerprint density at radius 2 is 1.35 bits per heavy atom. The number of hydrogen-bond acceptors (Lipinski definition) is 4. The Labute approximate surface area is 164 Å². The van der Waals surface area contributed by atoms with Crippen LogP contribution in [0.2, 0.25) is 13.3 Å². The van der Waals surface area contributed by atoms with E-state index in [0.717, 1.165) is 9.08 Å². The molecule has 0 aliphatic rings. The van der Waals surface area contributed by atoms with Crippen molar-refractivity contribution in [2.45, 2.75) is 86.5 Å². The standard InChI is InChI=1S/C8H12O4P.3C4H9.Sn/c1-3-11-13(9,12-4-2)8-5-6-10-7-8;3*1-3-4-2;/h5-6H,3-4H2,1-2H3;3*1,3-4H2,2H3;. The summed E-state index contributed by atoms with van der Waals surface area (Å²) in [6.07, 6.45) is 9.00.